The zero-order valence-electron chi connectivity index (χ0n) is 56.3. The van der Waals surface area contributed by atoms with Crippen molar-refractivity contribution in [1.82, 2.24) is 29.1 Å². The lowest BCUT2D eigenvalue weighted by atomic mass is 10.0. The monoisotopic (exact) mass is 1330 g/mol. The van der Waals surface area contributed by atoms with Gasteiger partial charge in [0.2, 0.25) is 0 Å². The first-order valence-corrected chi connectivity index (χ1v) is 35.0. The number of hydrogen-bond donors (Lipinski definition) is 0. The number of aromatic nitrogens is 6. The first-order chi connectivity index (χ1) is 51.5. The molecule has 0 saturated carbocycles. The van der Waals surface area contributed by atoms with Gasteiger partial charge in [-0.3, -0.25) is 0 Å². The average Bonchev–Trinajstić information content (AvgIpc) is 1.58. The summed E-state index contributed by atoms with van der Waals surface area (Å²) in [5.41, 5.74) is 24.6. The highest BCUT2D eigenvalue weighted by Gasteiger charge is 2.22. The van der Waals surface area contributed by atoms with Crippen molar-refractivity contribution in [2.45, 2.75) is 0 Å². The smallest absolute Gasteiger partial charge is 0.160 e. The number of benzene rings is 14. The van der Waals surface area contributed by atoms with Gasteiger partial charge in [-0.25, -0.2) is 19.9 Å². The second-order valence-corrected chi connectivity index (χ2v) is 26.1. The maximum absolute atomic E-state index is 6.63. The van der Waals surface area contributed by atoms with Crippen LogP contribution in [0.5, 0.6) is 0 Å². The summed E-state index contributed by atoms with van der Waals surface area (Å²) in [4.78, 5) is 20.6. The fraction of sp³-hybridized carbons (Fsp3) is 0. The Hall–Kier alpha value is -14.1. The lowest BCUT2D eigenvalue weighted by molar-refractivity contribution is 0.635. The fourth-order valence-electron chi connectivity index (χ4n) is 14.6. The predicted octanol–water partition coefficient (Wildman–Crippen LogP) is 25.3. The van der Waals surface area contributed by atoms with Gasteiger partial charge in [0, 0.05) is 77.4 Å². The number of rotatable bonds is 12. The Morgan fingerprint density at radius 1 is 0.202 bits per heavy atom. The summed E-state index contributed by atoms with van der Waals surface area (Å²) in [6, 6.07) is 131. The summed E-state index contributed by atoms with van der Waals surface area (Å²) in [6.07, 6.45) is 0. The minimum atomic E-state index is 0.673. The normalized spacial score (nSPS) is 11.5. The largest absolute Gasteiger partial charge is 0.455 e. The summed E-state index contributed by atoms with van der Waals surface area (Å²) in [5, 5.41) is 6.67. The van der Waals surface area contributed by atoms with E-state index in [2.05, 4.69) is 300 Å². The molecule has 0 aliphatic rings. The van der Waals surface area contributed by atoms with Crippen LogP contribution in [-0.2, 0) is 0 Å². The van der Waals surface area contributed by atoms with Crippen LogP contribution >= 0.6 is 0 Å². The third kappa shape index (κ3) is 11.3. The van der Waals surface area contributed by atoms with Crippen molar-refractivity contribution >= 4 is 65.6 Å². The van der Waals surface area contributed by atoms with Crippen LogP contribution in [0.15, 0.2) is 385 Å². The summed E-state index contributed by atoms with van der Waals surface area (Å²) < 4.78 is 17.9. The van der Waals surface area contributed by atoms with E-state index < -0.39 is 0 Å². The lowest BCUT2D eigenvalue weighted by Gasteiger charge is -2.12. The maximum Gasteiger partial charge on any atom is 0.160 e. The van der Waals surface area contributed by atoms with Gasteiger partial charge in [0.15, 0.2) is 11.6 Å². The Morgan fingerprint density at radius 2 is 0.510 bits per heavy atom. The van der Waals surface area contributed by atoms with Crippen molar-refractivity contribution in [3.63, 3.8) is 0 Å². The van der Waals surface area contributed by atoms with E-state index in [-0.39, 0.29) is 0 Å². The van der Waals surface area contributed by atoms with E-state index in [1.807, 2.05) is 84.9 Å². The number of furan rings is 2. The molecule has 6 aromatic heterocycles. The summed E-state index contributed by atoms with van der Waals surface area (Å²) in [6.45, 7) is 0. The van der Waals surface area contributed by atoms with Gasteiger partial charge in [-0.15, -0.1) is 0 Å². The minimum Gasteiger partial charge on any atom is -0.455 e. The van der Waals surface area contributed by atoms with Gasteiger partial charge < -0.3 is 18.0 Å². The Balaban J connectivity index is 0.000000143. The predicted molar refractivity (Wildman–Crippen MR) is 427 cm³/mol. The number of nitrogens with zero attached hydrogens (tertiary/aromatic N) is 6. The molecule has 20 aromatic rings. The molecule has 14 aromatic carbocycles. The third-order valence-corrected chi connectivity index (χ3v) is 19.6. The zero-order valence-corrected chi connectivity index (χ0v) is 56.3. The van der Waals surface area contributed by atoms with Gasteiger partial charge in [0.05, 0.1) is 55.6 Å². The standard InChI is InChI=1S/2C48H31N3O/c1-4-13-32(14-5-1)33-23-25-34(26-24-33)41-31-42(50-48(49-41)36-17-8-3-9-18-36)37-19-12-20-39(29-37)51-43-22-11-10-21-40(43)46-44(51)28-27-38-30-45(52-47(38)46)35-15-6-2-7-16-35;1-4-13-32(14-5-1)33-23-25-35(26-24-33)42-31-41(34-15-6-2-7-16-34)49-48(50-42)38-19-12-20-39(29-38)51-43-22-11-10-21-40(43)46-44(51)28-27-37-30-45(52-47(37)46)36-17-8-3-9-18-36/h2*1-31H. The van der Waals surface area contributed by atoms with Gasteiger partial charge in [0.25, 0.3) is 0 Å². The Kier molecular flexibility index (Phi) is 15.4. The quantitative estimate of drug-likeness (QED) is 0.121. The van der Waals surface area contributed by atoms with E-state index in [4.69, 9.17) is 28.8 Å². The van der Waals surface area contributed by atoms with Gasteiger partial charge in [-0.1, -0.05) is 291 Å². The van der Waals surface area contributed by atoms with Crippen LogP contribution in [0.1, 0.15) is 0 Å². The van der Waals surface area contributed by atoms with E-state index in [0.29, 0.717) is 11.6 Å². The van der Waals surface area contributed by atoms with Crippen LogP contribution in [0.25, 0.3) is 190 Å². The van der Waals surface area contributed by atoms with Crippen molar-refractivity contribution in [2.75, 3.05) is 0 Å². The third-order valence-electron chi connectivity index (χ3n) is 19.6. The summed E-state index contributed by atoms with van der Waals surface area (Å²) in [7, 11) is 0. The maximum atomic E-state index is 6.63. The minimum absolute atomic E-state index is 0.673. The molecule has 0 atom stereocenters. The molecule has 0 N–H and O–H groups in total. The van der Waals surface area contributed by atoms with Crippen LogP contribution < -0.4 is 0 Å². The first-order valence-electron chi connectivity index (χ1n) is 35.0. The molecule has 20 rings (SSSR count). The number of fused-ring (bicyclic) bond motifs is 10. The molecule has 488 valence electrons. The Morgan fingerprint density at radius 3 is 0.942 bits per heavy atom. The van der Waals surface area contributed by atoms with Gasteiger partial charge in [-0.05, 0) is 107 Å². The molecule has 0 radical (unpaired) electrons. The van der Waals surface area contributed by atoms with Crippen molar-refractivity contribution in [3.05, 3.63) is 376 Å². The molecule has 8 heteroatoms. The highest BCUT2D eigenvalue weighted by Crippen LogP contribution is 2.43. The molecule has 6 heterocycles. The molecule has 0 aliphatic carbocycles. The Bertz CT molecular complexity index is 6150. The molecule has 0 saturated heterocycles. The highest BCUT2D eigenvalue weighted by atomic mass is 16.3. The Labute approximate surface area is 600 Å². The first kappa shape index (κ1) is 61.0. The fourth-order valence-corrected chi connectivity index (χ4v) is 14.6. The van der Waals surface area contributed by atoms with Crippen LogP contribution in [0.3, 0.4) is 0 Å². The van der Waals surface area contributed by atoms with Gasteiger partial charge in [0.1, 0.15) is 22.7 Å². The second-order valence-electron chi connectivity index (χ2n) is 26.1. The molecular formula is C96H62N6O2. The average molecular weight is 1330 g/mol. The second kappa shape index (κ2) is 26.2. The molecule has 0 fully saturated rings. The molecule has 0 bridgehead atoms. The van der Waals surface area contributed by atoms with Crippen LogP contribution in [0, 0.1) is 0 Å². The van der Waals surface area contributed by atoms with Crippen LogP contribution in [0.2, 0.25) is 0 Å². The van der Waals surface area contributed by atoms with Crippen molar-refractivity contribution < 1.29 is 8.83 Å². The van der Waals surface area contributed by atoms with E-state index in [1.54, 1.807) is 0 Å². The van der Waals surface area contributed by atoms with E-state index in [9.17, 15) is 0 Å². The SMILES string of the molecule is c1ccc(-c2ccc(-c3cc(-c4cccc(-n5c6ccccc6c6c7oc(-c8ccccc8)cc7ccc65)c4)nc(-c4ccccc4)n3)cc2)cc1.c1ccc(-c2ccc(-c3cc(-c4ccccc4)nc(-c4cccc(-n5c6ccccc6c6c7oc(-c8ccccc8)cc7ccc65)c4)n3)cc2)cc1. The zero-order chi connectivity index (χ0) is 68.9. The molecule has 104 heavy (non-hydrogen) atoms. The van der Waals surface area contributed by atoms with Gasteiger partial charge >= 0.3 is 0 Å². The molecule has 0 amide bonds. The molecular weight excluding hydrogens is 1270 g/mol. The van der Waals surface area contributed by atoms with E-state index >= 15 is 0 Å². The topological polar surface area (TPSA) is 87.7 Å². The van der Waals surface area contributed by atoms with Crippen molar-refractivity contribution in [1.29, 1.82) is 0 Å². The lowest BCUT2D eigenvalue weighted by Crippen LogP contribution is -1.98. The van der Waals surface area contributed by atoms with Gasteiger partial charge in [-0.2, -0.15) is 0 Å². The van der Waals surface area contributed by atoms with Crippen molar-refractivity contribution in [3.8, 4) is 124 Å². The van der Waals surface area contributed by atoms with Crippen molar-refractivity contribution in [2.24, 2.45) is 0 Å². The summed E-state index contributed by atoms with van der Waals surface area (Å²) >= 11 is 0. The van der Waals surface area contributed by atoms with E-state index in [0.717, 1.165) is 156 Å². The molecule has 0 aliphatic heterocycles. The molecule has 0 spiro atoms. The van der Waals surface area contributed by atoms with Crippen LogP contribution in [0.4, 0.5) is 0 Å². The number of hydrogen-bond acceptors (Lipinski definition) is 6. The van der Waals surface area contributed by atoms with Crippen LogP contribution in [-0.4, -0.2) is 29.1 Å². The molecule has 8 nitrogen and oxygen atoms in total. The molecule has 0 unspecified atom stereocenters. The number of para-hydroxylation sites is 2. The highest BCUT2D eigenvalue weighted by molar-refractivity contribution is 6.21. The summed E-state index contributed by atoms with van der Waals surface area (Å²) in [5.74, 6) is 3.09. The van der Waals surface area contributed by atoms with E-state index in [1.165, 1.54) is 22.3 Å².